The van der Waals surface area contributed by atoms with Gasteiger partial charge in [0.1, 0.15) is 12.2 Å². The Hall–Kier alpha value is -1.67. The number of aliphatic carboxylic acids is 1. The van der Waals surface area contributed by atoms with E-state index in [1.54, 1.807) is 17.3 Å². The first-order valence-corrected chi connectivity index (χ1v) is 9.87. The van der Waals surface area contributed by atoms with E-state index in [1.807, 2.05) is 26.8 Å². The Morgan fingerprint density at radius 1 is 1.44 bits per heavy atom. The second-order valence-electron chi connectivity index (χ2n) is 8.19. The number of hydrogen-bond acceptors (Lipinski definition) is 5. The van der Waals surface area contributed by atoms with Gasteiger partial charge in [0.25, 0.3) is 0 Å². The first-order chi connectivity index (χ1) is 12.6. The number of amides is 1. The van der Waals surface area contributed by atoms with Gasteiger partial charge in [0, 0.05) is 40.9 Å². The van der Waals surface area contributed by atoms with Gasteiger partial charge in [-0.2, -0.15) is 0 Å². The average Bonchev–Trinajstić information content (AvgIpc) is 2.93. The van der Waals surface area contributed by atoms with Gasteiger partial charge < -0.3 is 19.5 Å². The fraction of sp³-hybridized carbons (Fsp3) is 0.632. The molecular weight excluding hydrogens is 416 g/mol. The standard InChI is InChI=1S/C19H25BrN2O5/c1-18(2,3)27-17(25)22-10-12-8-13(22)4-6-19(12,26-11-16(23)24)14-5-7-21-9-15(14)20/h5,7,9,12-13H,4,6,8,10-11H2,1-3H3,(H,23,24). The van der Waals surface area contributed by atoms with Crippen molar-refractivity contribution in [2.75, 3.05) is 13.2 Å². The van der Waals surface area contributed by atoms with Crippen LogP contribution in [0.5, 0.6) is 0 Å². The molecule has 8 heteroatoms. The van der Waals surface area contributed by atoms with Gasteiger partial charge >= 0.3 is 12.1 Å². The Morgan fingerprint density at radius 2 is 2.19 bits per heavy atom. The molecule has 1 saturated carbocycles. The van der Waals surface area contributed by atoms with Crippen LogP contribution >= 0.6 is 15.9 Å². The lowest BCUT2D eigenvalue weighted by Gasteiger charge is -2.42. The van der Waals surface area contributed by atoms with Crippen molar-refractivity contribution < 1.29 is 24.2 Å². The number of carbonyl (C=O) groups excluding carboxylic acids is 1. The summed E-state index contributed by atoms with van der Waals surface area (Å²) in [6, 6.07) is 1.95. The molecule has 1 aromatic rings. The van der Waals surface area contributed by atoms with Crippen LogP contribution in [0.4, 0.5) is 4.79 Å². The summed E-state index contributed by atoms with van der Waals surface area (Å²) in [6.45, 7) is 5.64. The maximum absolute atomic E-state index is 12.6. The Bertz CT molecular complexity index is 735. The minimum atomic E-state index is -1.01. The van der Waals surface area contributed by atoms with E-state index < -0.39 is 17.2 Å². The molecule has 1 aliphatic heterocycles. The van der Waals surface area contributed by atoms with Crippen molar-refractivity contribution in [1.82, 2.24) is 9.88 Å². The molecule has 7 nitrogen and oxygen atoms in total. The van der Waals surface area contributed by atoms with Gasteiger partial charge in [0.15, 0.2) is 0 Å². The average molecular weight is 441 g/mol. The highest BCUT2D eigenvalue weighted by atomic mass is 79.9. The highest BCUT2D eigenvalue weighted by molar-refractivity contribution is 9.10. The number of likely N-dealkylation sites (tertiary alicyclic amines) is 1. The lowest BCUT2D eigenvalue weighted by molar-refractivity contribution is -0.158. The predicted octanol–water partition coefficient (Wildman–Crippen LogP) is 3.56. The van der Waals surface area contributed by atoms with Crippen LogP contribution in [0.2, 0.25) is 0 Å². The first-order valence-electron chi connectivity index (χ1n) is 9.08. The molecule has 2 fully saturated rings. The second-order valence-corrected chi connectivity index (χ2v) is 9.04. The maximum atomic E-state index is 12.6. The van der Waals surface area contributed by atoms with E-state index in [9.17, 15) is 14.7 Å². The summed E-state index contributed by atoms with van der Waals surface area (Å²) >= 11 is 3.53. The molecule has 3 rings (SSSR count). The number of carboxylic acids is 1. The maximum Gasteiger partial charge on any atom is 0.410 e. The number of pyridine rings is 1. The summed E-state index contributed by atoms with van der Waals surface area (Å²) in [6.07, 6.45) is 5.17. The van der Waals surface area contributed by atoms with Crippen molar-refractivity contribution in [3.05, 3.63) is 28.5 Å². The zero-order valence-electron chi connectivity index (χ0n) is 15.8. The number of rotatable bonds is 4. The molecule has 2 heterocycles. The lowest BCUT2D eigenvalue weighted by atomic mass is 9.72. The fourth-order valence-corrected chi connectivity index (χ4v) is 4.77. The van der Waals surface area contributed by atoms with Crippen molar-refractivity contribution in [3.63, 3.8) is 0 Å². The Labute approximate surface area is 167 Å². The van der Waals surface area contributed by atoms with Crippen LogP contribution in [0.1, 0.15) is 45.6 Å². The van der Waals surface area contributed by atoms with E-state index >= 15 is 0 Å². The number of nitrogens with zero attached hydrogens (tertiary/aromatic N) is 2. The molecule has 0 radical (unpaired) electrons. The molecule has 3 unspecified atom stereocenters. The smallest absolute Gasteiger partial charge is 0.410 e. The normalized spacial score (nSPS) is 27.5. The summed E-state index contributed by atoms with van der Waals surface area (Å²) < 4.78 is 12.4. The van der Waals surface area contributed by atoms with Gasteiger partial charge in [-0.1, -0.05) is 0 Å². The first kappa shape index (κ1) is 20.1. The van der Waals surface area contributed by atoms with Crippen LogP contribution in [0.3, 0.4) is 0 Å². The number of carbonyl (C=O) groups is 2. The minimum absolute atomic E-state index is 0.0122. The number of hydrogen-bond donors (Lipinski definition) is 1. The summed E-state index contributed by atoms with van der Waals surface area (Å²) in [7, 11) is 0. The number of aromatic nitrogens is 1. The SMILES string of the molecule is CC(C)(C)OC(=O)N1CC2CC1CCC2(OCC(=O)O)c1ccncc1Br. The van der Waals surface area contributed by atoms with E-state index in [2.05, 4.69) is 20.9 Å². The molecule has 0 aromatic carbocycles. The zero-order chi connectivity index (χ0) is 19.8. The van der Waals surface area contributed by atoms with Crippen LogP contribution in [0, 0.1) is 5.92 Å². The fourth-order valence-electron chi connectivity index (χ4n) is 4.19. The largest absolute Gasteiger partial charge is 0.480 e. The van der Waals surface area contributed by atoms with Gasteiger partial charge in [-0.3, -0.25) is 4.98 Å². The van der Waals surface area contributed by atoms with Gasteiger partial charge in [-0.25, -0.2) is 9.59 Å². The van der Waals surface area contributed by atoms with E-state index in [1.165, 1.54) is 0 Å². The molecule has 1 N–H and O–H groups in total. The molecule has 1 amide bonds. The Morgan fingerprint density at radius 3 is 2.81 bits per heavy atom. The van der Waals surface area contributed by atoms with Gasteiger partial charge in [-0.05, 0) is 62.0 Å². The monoisotopic (exact) mass is 440 g/mol. The van der Waals surface area contributed by atoms with Crippen molar-refractivity contribution in [1.29, 1.82) is 0 Å². The Kier molecular flexibility index (Phi) is 5.49. The highest BCUT2D eigenvalue weighted by Crippen LogP contribution is 2.51. The van der Waals surface area contributed by atoms with E-state index in [0.717, 1.165) is 22.9 Å². The second kappa shape index (κ2) is 7.39. The number of halogens is 1. The molecule has 1 saturated heterocycles. The molecule has 1 aromatic heterocycles. The van der Waals surface area contributed by atoms with E-state index in [4.69, 9.17) is 9.47 Å². The van der Waals surface area contributed by atoms with Crippen LogP contribution in [-0.4, -0.2) is 51.8 Å². The molecule has 1 aliphatic carbocycles. The molecule has 148 valence electrons. The summed E-state index contributed by atoms with van der Waals surface area (Å²) in [4.78, 5) is 29.7. The molecule has 27 heavy (non-hydrogen) atoms. The number of carboxylic acid groups (broad SMARTS) is 1. The quantitative estimate of drug-likeness (QED) is 0.769. The number of ether oxygens (including phenoxy) is 2. The predicted molar refractivity (Wildman–Crippen MR) is 101 cm³/mol. The third-order valence-corrected chi connectivity index (χ3v) is 5.86. The van der Waals surface area contributed by atoms with Crippen molar-refractivity contribution >= 4 is 28.0 Å². The molecule has 0 spiro atoms. The third kappa shape index (κ3) is 4.11. The summed E-state index contributed by atoms with van der Waals surface area (Å²) in [5.74, 6) is -1.02. The van der Waals surface area contributed by atoms with Gasteiger partial charge in [0.2, 0.25) is 0 Å². The number of fused-ring (bicyclic) bond motifs is 2. The summed E-state index contributed by atoms with van der Waals surface area (Å²) in [5.41, 5.74) is -0.445. The van der Waals surface area contributed by atoms with Crippen LogP contribution < -0.4 is 0 Å². The van der Waals surface area contributed by atoms with Crippen LogP contribution in [-0.2, 0) is 19.9 Å². The molecule has 3 atom stereocenters. The molecule has 2 aliphatic rings. The summed E-state index contributed by atoms with van der Waals surface area (Å²) in [5, 5.41) is 9.18. The van der Waals surface area contributed by atoms with Crippen LogP contribution in [0.15, 0.2) is 22.9 Å². The van der Waals surface area contributed by atoms with Crippen molar-refractivity contribution in [2.24, 2.45) is 5.92 Å². The van der Waals surface area contributed by atoms with Crippen LogP contribution in [0.25, 0.3) is 0 Å². The third-order valence-electron chi connectivity index (χ3n) is 5.23. The van der Waals surface area contributed by atoms with Gasteiger partial charge in [0.05, 0.1) is 5.60 Å². The topological polar surface area (TPSA) is 89.0 Å². The zero-order valence-corrected chi connectivity index (χ0v) is 17.4. The van der Waals surface area contributed by atoms with E-state index in [0.29, 0.717) is 13.0 Å². The van der Waals surface area contributed by atoms with Gasteiger partial charge in [-0.15, -0.1) is 0 Å². The molecular formula is C19H25BrN2O5. The molecule has 2 bridgehead atoms. The van der Waals surface area contributed by atoms with Crippen molar-refractivity contribution in [3.8, 4) is 0 Å². The Balaban J connectivity index is 1.90. The minimum Gasteiger partial charge on any atom is -0.480 e. The lowest BCUT2D eigenvalue weighted by Crippen LogP contribution is -2.43. The highest BCUT2D eigenvalue weighted by Gasteiger charge is 2.54. The van der Waals surface area contributed by atoms with Crippen molar-refractivity contribution in [2.45, 2.75) is 57.3 Å². The van der Waals surface area contributed by atoms with E-state index in [-0.39, 0.29) is 24.7 Å².